The SMILES string of the molecule is O=C(NC1CCCN(c2ccc(Br)cc2)C1=O)c1ccc(=O)n(-c2ccccc2F)n1. The van der Waals surface area contributed by atoms with Crippen LogP contribution in [0, 0.1) is 5.82 Å². The fourth-order valence-electron chi connectivity index (χ4n) is 3.45. The van der Waals surface area contributed by atoms with Crippen molar-refractivity contribution in [1.82, 2.24) is 15.1 Å². The molecule has 9 heteroatoms. The summed E-state index contributed by atoms with van der Waals surface area (Å²) in [7, 11) is 0. The lowest BCUT2D eigenvalue weighted by Crippen LogP contribution is -2.52. The third-order valence-electron chi connectivity index (χ3n) is 5.00. The molecule has 31 heavy (non-hydrogen) atoms. The van der Waals surface area contributed by atoms with E-state index in [-0.39, 0.29) is 17.3 Å². The van der Waals surface area contributed by atoms with Gasteiger partial charge in [-0.2, -0.15) is 9.78 Å². The van der Waals surface area contributed by atoms with Gasteiger partial charge >= 0.3 is 0 Å². The molecule has 1 unspecified atom stereocenters. The van der Waals surface area contributed by atoms with E-state index in [2.05, 4.69) is 26.3 Å². The van der Waals surface area contributed by atoms with E-state index in [9.17, 15) is 18.8 Å². The molecule has 2 heterocycles. The number of carbonyl (C=O) groups excluding carboxylic acids is 2. The van der Waals surface area contributed by atoms with E-state index in [1.807, 2.05) is 24.3 Å². The maximum Gasteiger partial charge on any atom is 0.272 e. The van der Waals surface area contributed by atoms with E-state index in [0.717, 1.165) is 27.3 Å². The lowest BCUT2D eigenvalue weighted by atomic mass is 10.0. The highest BCUT2D eigenvalue weighted by atomic mass is 79.9. The van der Waals surface area contributed by atoms with Crippen LogP contribution in [0.4, 0.5) is 10.1 Å². The van der Waals surface area contributed by atoms with Crippen molar-refractivity contribution >= 4 is 33.4 Å². The fraction of sp³-hybridized carbons (Fsp3) is 0.182. The van der Waals surface area contributed by atoms with E-state index in [0.29, 0.717) is 13.0 Å². The normalized spacial score (nSPS) is 16.3. The Morgan fingerprint density at radius 1 is 1.06 bits per heavy atom. The van der Waals surface area contributed by atoms with Crippen molar-refractivity contribution < 1.29 is 14.0 Å². The third-order valence-corrected chi connectivity index (χ3v) is 5.52. The van der Waals surface area contributed by atoms with Crippen molar-refractivity contribution in [3.05, 3.63) is 87.0 Å². The van der Waals surface area contributed by atoms with Gasteiger partial charge < -0.3 is 10.2 Å². The number of hydrogen-bond donors (Lipinski definition) is 1. The average molecular weight is 485 g/mol. The zero-order valence-electron chi connectivity index (χ0n) is 16.3. The number of carbonyl (C=O) groups is 2. The second-order valence-electron chi connectivity index (χ2n) is 7.05. The van der Waals surface area contributed by atoms with Crippen LogP contribution >= 0.6 is 15.9 Å². The van der Waals surface area contributed by atoms with Crippen LogP contribution in [0.15, 0.2) is 69.9 Å². The third kappa shape index (κ3) is 4.41. The molecule has 1 fully saturated rings. The summed E-state index contributed by atoms with van der Waals surface area (Å²) in [6.45, 7) is 0.559. The molecular weight excluding hydrogens is 467 g/mol. The summed E-state index contributed by atoms with van der Waals surface area (Å²) in [5, 5.41) is 6.70. The molecule has 0 spiro atoms. The standard InChI is InChI=1S/C22H18BrFN4O3/c23-14-7-9-15(10-8-14)27-13-3-5-18(22(27)31)25-21(30)17-11-12-20(29)28(26-17)19-6-2-1-4-16(19)24/h1-2,4,6-12,18H,3,5,13H2,(H,25,30). The summed E-state index contributed by atoms with van der Waals surface area (Å²) in [6, 6.07) is 14.7. The molecule has 2 aromatic carbocycles. The van der Waals surface area contributed by atoms with Gasteiger partial charge in [0.05, 0.1) is 0 Å². The van der Waals surface area contributed by atoms with Gasteiger partial charge in [0.25, 0.3) is 11.5 Å². The van der Waals surface area contributed by atoms with Crippen molar-refractivity contribution in [1.29, 1.82) is 0 Å². The monoisotopic (exact) mass is 484 g/mol. The average Bonchev–Trinajstić information content (AvgIpc) is 2.77. The van der Waals surface area contributed by atoms with Gasteiger partial charge in [0.2, 0.25) is 5.91 Å². The fourth-order valence-corrected chi connectivity index (χ4v) is 3.71. The van der Waals surface area contributed by atoms with Crippen LogP contribution in [0.1, 0.15) is 23.3 Å². The van der Waals surface area contributed by atoms with Crippen LogP contribution in [0.25, 0.3) is 5.69 Å². The van der Waals surface area contributed by atoms with Crippen molar-refractivity contribution in [3.8, 4) is 5.69 Å². The number of nitrogens with one attached hydrogen (secondary N) is 1. The Morgan fingerprint density at radius 2 is 1.81 bits per heavy atom. The van der Waals surface area contributed by atoms with Crippen LogP contribution in [-0.2, 0) is 4.79 Å². The number of benzene rings is 2. The van der Waals surface area contributed by atoms with Crippen molar-refractivity contribution in [2.24, 2.45) is 0 Å². The second-order valence-corrected chi connectivity index (χ2v) is 7.97. The zero-order valence-corrected chi connectivity index (χ0v) is 17.9. The molecule has 0 bridgehead atoms. The van der Waals surface area contributed by atoms with Crippen LogP contribution < -0.4 is 15.8 Å². The lowest BCUT2D eigenvalue weighted by molar-refractivity contribution is -0.121. The number of aromatic nitrogens is 2. The number of para-hydroxylation sites is 1. The van der Waals surface area contributed by atoms with Gasteiger partial charge in [-0.25, -0.2) is 4.39 Å². The number of piperidine rings is 1. The summed E-state index contributed by atoms with van der Waals surface area (Å²) in [4.78, 5) is 39.5. The maximum atomic E-state index is 14.1. The molecule has 0 saturated carbocycles. The van der Waals surface area contributed by atoms with E-state index in [4.69, 9.17) is 0 Å². The summed E-state index contributed by atoms with van der Waals surface area (Å²) in [5.41, 5.74) is 0.0314. The zero-order chi connectivity index (χ0) is 22.0. The Labute approximate surface area is 185 Å². The molecule has 1 aliphatic rings. The molecule has 0 radical (unpaired) electrons. The summed E-state index contributed by atoms with van der Waals surface area (Å²) >= 11 is 3.37. The molecule has 158 valence electrons. The number of halogens is 2. The molecule has 4 rings (SSSR count). The molecule has 2 amide bonds. The smallest absolute Gasteiger partial charge is 0.272 e. The first kappa shape index (κ1) is 20.9. The first-order chi connectivity index (χ1) is 14.9. The minimum absolute atomic E-state index is 0.0580. The van der Waals surface area contributed by atoms with Crippen molar-refractivity contribution in [3.63, 3.8) is 0 Å². The molecular formula is C22H18BrFN4O3. The predicted molar refractivity (Wildman–Crippen MR) is 117 cm³/mol. The molecule has 1 atom stereocenters. The molecule has 1 saturated heterocycles. The Bertz CT molecular complexity index is 1200. The van der Waals surface area contributed by atoms with Crippen molar-refractivity contribution in [2.75, 3.05) is 11.4 Å². The van der Waals surface area contributed by atoms with Gasteiger partial charge in [0, 0.05) is 22.8 Å². The molecule has 0 aliphatic carbocycles. The van der Waals surface area contributed by atoms with E-state index >= 15 is 0 Å². The molecule has 1 aromatic heterocycles. The number of nitrogens with zero attached hydrogens (tertiary/aromatic N) is 3. The lowest BCUT2D eigenvalue weighted by Gasteiger charge is -2.32. The van der Waals surface area contributed by atoms with Gasteiger partial charge in [-0.1, -0.05) is 28.1 Å². The number of amides is 2. The minimum atomic E-state index is -0.722. The number of rotatable bonds is 4. The highest BCUT2D eigenvalue weighted by molar-refractivity contribution is 9.10. The van der Waals surface area contributed by atoms with Crippen molar-refractivity contribution in [2.45, 2.75) is 18.9 Å². The maximum absolute atomic E-state index is 14.1. The first-order valence-electron chi connectivity index (χ1n) is 9.67. The Kier molecular flexibility index (Phi) is 5.94. The first-order valence-corrected chi connectivity index (χ1v) is 10.5. The van der Waals surface area contributed by atoms with E-state index in [1.165, 1.54) is 24.3 Å². The van der Waals surface area contributed by atoms with Gasteiger partial charge in [-0.3, -0.25) is 14.4 Å². The summed E-state index contributed by atoms with van der Waals surface area (Å²) in [6.07, 6.45) is 1.21. The minimum Gasteiger partial charge on any atom is -0.339 e. The quantitative estimate of drug-likeness (QED) is 0.616. The van der Waals surface area contributed by atoms with E-state index < -0.39 is 23.3 Å². The Balaban J connectivity index is 1.55. The van der Waals surface area contributed by atoms with Crippen LogP contribution in [-0.4, -0.2) is 34.2 Å². The summed E-state index contributed by atoms with van der Waals surface area (Å²) in [5.74, 6) is -1.47. The number of anilines is 1. The molecule has 1 N–H and O–H groups in total. The Hall–Kier alpha value is -3.33. The largest absolute Gasteiger partial charge is 0.339 e. The topological polar surface area (TPSA) is 84.3 Å². The van der Waals surface area contributed by atoms with Gasteiger partial charge in [0.15, 0.2) is 0 Å². The van der Waals surface area contributed by atoms with Gasteiger partial charge in [0.1, 0.15) is 23.2 Å². The highest BCUT2D eigenvalue weighted by Crippen LogP contribution is 2.23. The van der Waals surface area contributed by atoms with Crippen LogP contribution in [0.2, 0.25) is 0 Å². The van der Waals surface area contributed by atoms with E-state index in [1.54, 1.807) is 11.0 Å². The molecule has 1 aliphatic heterocycles. The van der Waals surface area contributed by atoms with Crippen LogP contribution in [0.3, 0.4) is 0 Å². The van der Waals surface area contributed by atoms with Crippen LogP contribution in [0.5, 0.6) is 0 Å². The predicted octanol–water partition coefficient (Wildman–Crippen LogP) is 3.06. The van der Waals surface area contributed by atoms with Gasteiger partial charge in [-0.15, -0.1) is 0 Å². The molecule has 3 aromatic rings. The van der Waals surface area contributed by atoms with Gasteiger partial charge in [-0.05, 0) is 55.3 Å². The summed E-state index contributed by atoms with van der Waals surface area (Å²) < 4.78 is 15.8. The highest BCUT2D eigenvalue weighted by Gasteiger charge is 2.31. The number of hydrogen-bond acceptors (Lipinski definition) is 4. The second kappa shape index (κ2) is 8.81. The Morgan fingerprint density at radius 3 is 2.55 bits per heavy atom. The molecule has 7 nitrogen and oxygen atoms in total.